The number of hydrogen-bond acceptors (Lipinski definition) is 2. The summed E-state index contributed by atoms with van der Waals surface area (Å²) in [5.74, 6) is 0.406. The molecule has 1 amide bonds. The van der Waals surface area contributed by atoms with Crippen molar-refractivity contribution in [2.24, 2.45) is 5.41 Å². The third kappa shape index (κ3) is 6.73. The van der Waals surface area contributed by atoms with E-state index in [-0.39, 0.29) is 17.7 Å². The summed E-state index contributed by atoms with van der Waals surface area (Å²) in [6.45, 7) is 13.7. The van der Waals surface area contributed by atoms with Crippen molar-refractivity contribution in [3.63, 3.8) is 0 Å². The molecular formula is C25H34Cl2N2O. The minimum absolute atomic E-state index is 0.0802. The zero-order valence-corrected chi connectivity index (χ0v) is 20.2. The maximum Gasteiger partial charge on any atom is 0.226 e. The Hall–Kier alpha value is -1.55. The maximum atomic E-state index is 13.0. The summed E-state index contributed by atoms with van der Waals surface area (Å²) < 4.78 is 0. The normalized spacial score (nSPS) is 13.9. The molecule has 2 unspecified atom stereocenters. The molecule has 0 bridgehead atoms. The van der Waals surface area contributed by atoms with E-state index in [1.165, 1.54) is 5.56 Å². The lowest BCUT2D eigenvalue weighted by atomic mass is 9.82. The number of carbonyl (C=O) groups excluding carboxylic acids is 1. The Morgan fingerprint density at radius 2 is 1.40 bits per heavy atom. The van der Waals surface area contributed by atoms with Gasteiger partial charge in [0.05, 0.1) is 5.41 Å². The molecule has 2 aromatic carbocycles. The third-order valence-electron chi connectivity index (χ3n) is 5.91. The minimum atomic E-state index is -0.458. The van der Waals surface area contributed by atoms with Crippen molar-refractivity contribution in [2.45, 2.75) is 46.5 Å². The van der Waals surface area contributed by atoms with Gasteiger partial charge in [-0.25, -0.2) is 0 Å². The number of carbonyl (C=O) groups is 1. The van der Waals surface area contributed by atoms with E-state index in [4.69, 9.17) is 23.2 Å². The molecule has 0 aromatic heterocycles. The predicted molar refractivity (Wildman–Crippen MR) is 129 cm³/mol. The van der Waals surface area contributed by atoms with E-state index in [1.54, 1.807) is 0 Å². The molecule has 0 aliphatic rings. The number of benzene rings is 2. The predicted octanol–water partition coefficient (Wildman–Crippen LogP) is 6.36. The molecule has 0 heterocycles. The second kappa shape index (κ2) is 11.2. The molecule has 1 N–H and O–H groups in total. The van der Waals surface area contributed by atoms with Gasteiger partial charge < -0.3 is 10.2 Å². The quantitative estimate of drug-likeness (QED) is 0.458. The van der Waals surface area contributed by atoms with Gasteiger partial charge in [0.2, 0.25) is 5.91 Å². The number of nitrogens with zero attached hydrogens (tertiary/aromatic N) is 1. The number of nitrogens with one attached hydrogen (secondary N) is 1. The summed E-state index contributed by atoms with van der Waals surface area (Å²) in [5, 5.41) is 4.66. The maximum absolute atomic E-state index is 13.0. The number of hydrogen-bond donors (Lipinski definition) is 1. The molecule has 0 saturated heterocycles. The van der Waals surface area contributed by atoms with E-state index in [1.807, 2.05) is 50.2 Å². The van der Waals surface area contributed by atoms with Crippen molar-refractivity contribution in [2.75, 3.05) is 26.2 Å². The topological polar surface area (TPSA) is 32.3 Å². The van der Waals surface area contributed by atoms with Crippen molar-refractivity contribution >= 4 is 29.1 Å². The van der Waals surface area contributed by atoms with E-state index in [9.17, 15) is 4.79 Å². The molecule has 2 rings (SSSR count). The highest BCUT2D eigenvalue weighted by atomic mass is 35.5. The van der Waals surface area contributed by atoms with Crippen LogP contribution in [0, 0.1) is 5.41 Å². The van der Waals surface area contributed by atoms with E-state index in [2.05, 4.69) is 43.1 Å². The Labute approximate surface area is 191 Å². The molecule has 0 saturated carbocycles. The van der Waals surface area contributed by atoms with Crippen LogP contribution >= 0.6 is 23.2 Å². The summed E-state index contributed by atoms with van der Waals surface area (Å²) in [4.78, 5) is 15.3. The molecule has 0 radical (unpaired) electrons. The van der Waals surface area contributed by atoms with Crippen molar-refractivity contribution in [1.29, 1.82) is 0 Å². The average molecular weight is 449 g/mol. The zero-order valence-electron chi connectivity index (χ0n) is 18.7. The van der Waals surface area contributed by atoms with Gasteiger partial charge in [0.1, 0.15) is 0 Å². The van der Waals surface area contributed by atoms with Gasteiger partial charge in [-0.2, -0.15) is 0 Å². The van der Waals surface area contributed by atoms with Gasteiger partial charge in [-0.1, -0.05) is 68.2 Å². The fourth-order valence-electron chi connectivity index (χ4n) is 3.81. The lowest BCUT2D eigenvalue weighted by Crippen LogP contribution is -2.46. The van der Waals surface area contributed by atoms with E-state index >= 15 is 0 Å². The van der Waals surface area contributed by atoms with Crippen LogP contribution < -0.4 is 5.32 Å². The number of halogens is 2. The zero-order chi connectivity index (χ0) is 22.3. The fraction of sp³-hybridized carbons (Fsp3) is 0.480. The Kier molecular flexibility index (Phi) is 9.21. The fourth-order valence-corrected chi connectivity index (χ4v) is 4.06. The van der Waals surface area contributed by atoms with Crippen LogP contribution in [0.4, 0.5) is 0 Å². The van der Waals surface area contributed by atoms with Crippen molar-refractivity contribution in [1.82, 2.24) is 10.2 Å². The highest BCUT2D eigenvalue weighted by Crippen LogP contribution is 2.33. The Bertz CT molecular complexity index is 799. The van der Waals surface area contributed by atoms with Gasteiger partial charge in [-0.3, -0.25) is 4.79 Å². The largest absolute Gasteiger partial charge is 0.355 e. The first-order valence-electron chi connectivity index (χ1n) is 10.7. The molecule has 0 aliphatic carbocycles. The Morgan fingerprint density at radius 1 is 0.933 bits per heavy atom. The molecule has 3 nitrogen and oxygen atoms in total. The molecular weight excluding hydrogens is 415 g/mol. The van der Waals surface area contributed by atoms with Crippen LogP contribution in [0.1, 0.15) is 57.6 Å². The lowest BCUT2D eigenvalue weighted by Gasteiger charge is -2.32. The second-order valence-electron chi connectivity index (χ2n) is 8.55. The standard InChI is InChI=1S/C25H34Cl2N2O/c1-6-29(7-2)17-25(4,5)24(30)28-16-23(20-10-14-22(27)15-11-20)18(3)19-8-12-21(26)13-9-19/h8-15,18,23H,6-7,16-17H2,1-5H3,(H,28,30). The van der Waals surface area contributed by atoms with Crippen molar-refractivity contribution in [3.8, 4) is 0 Å². The van der Waals surface area contributed by atoms with Gasteiger partial charge in [-0.05, 0) is 68.2 Å². The SMILES string of the molecule is CCN(CC)CC(C)(C)C(=O)NCC(c1ccc(Cl)cc1)C(C)c1ccc(Cl)cc1. The number of rotatable bonds is 10. The van der Waals surface area contributed by atoms with Gasteiger partial charge in [0.15, 0.2) is 0 Å². The smallest absolute Gasteiger partial charge is 0.226 e. The van der Waals surface area contributed by atoms with Crippen LogP contribution in [0.5, 0.6) is 0 Å². The molecule has 0 aliphatic heterocycles. The van der Waals surface area contributed by atoms with E-state index in [0.717, 1.165) is 30.2 Å². The molecule has 0 spiro atoms. The third-order valence-corrected chi connectivity index (χ3v) is 6.41. The minimum Gasteiger partial charge on any atom is -0.355 e. The van der Waals surface area contributed by atoms with Gasteiger partial charge >= 0.3 is 0 Å². The second-order valence-corrected chi connectivity index (χ2v) is 9.43. The van der Waals surface area contributed by atoms with Crippen LogP contribution in [0.25, 0.3) is 0 Å². The molecule has 2 atom stereocenters. The summed E-state index contributed by atoms with van der Waals surface area (Å²) in [6, 6.07) is 15.9. The monoisotopic (exact) mass is 448 g/mol. The van der Waals surface area contributed by atoms with Gasteiger partial charge in [0.25, 0.3) is 0 Å². The summed E-state index contributed by atoms with van der Waals surface area (Å²) >= 11 is 12.2. The molecule has 2 aromatic rings. The first kappa shape index (κ1) is 24.7. The molecule has 164 valence electrons. The van der Waals surface area contributed by atoms with E-state index in [0.29, 0.717) is 11.6 Å². The van der Waals surface area contributed by atoms with Crippen LogP contribution in [-0.4, -0.2) is 37.0 Å². The summed E-state index contributed by atoms with van der Waals surface area (Å²) in [5.41, 5.74) is 1.89. The van der Waals surface area contributed by atoms with Crippen LogP contribution in [-0.2, 0) is 4.79 Å². The van der Waals surface area contributed by atoms with Crippen molar-refractivity contribution in [3.05, 3.63) is 69.7 Å². The highest BCUT2D eigenvalue weighted by Gasteiger charge is 2.30. The van der Waals surface area contributed by atoms with Crippen molar-refractivity contribution < 1.29 is 4.79 Å². The molecule has 0 fully saturated rings. The Balaban J connectivity index is 2.19. The van der Waals surface area contributed by atoms with Gasteiger partial charge in [-0.15, -0.1) is 0 Å². The van der Waals surface area contributed by atoms with E-state index < -0.39 is 5.41 Å². The van der Waals surface area contributed by atoms with Crippen LogP contribution in [0.2, 0.25) is 10.0 Å². The first-order chi connectivity index (χ1) is 14.2. The summed E-state index contributed by atoms with van der Waals surface area (Å²) in [7, 11) is 0. The summed E-state index contributed by atoms with van der Waals surface area (Å²) in [6.07, 6.45) is 0. The Morgan fingerprint density at radius 3 is 1.87 bits per heavy atom. The number of amides is 1. The average Bonchev–Trinajstić information content (AvgIpc) is 2.73. The first-order valence-corrected chi connectivity index (χ1v) is 11.4. The van der Waals surface area contributed by atoms with Crippen LogP contribution in [0.15, 0.2) is 48.5 Å². The molecule has 30 heavy (non-hydrogen) atoms. The molecule has 5 heteroatoms. The van der Waals surface area contributed by atoms with Gasteiger partial charge in [0, 0.05) is 29.1 Å². The van der Waals surface area contributed by atoms with Crippen LogP contribution in [0.3, 0.4) is 0 Å². The lowest BCUT2D eigenvalue weighted by molar-refractivity contribution is -0.130. The highest BCUT2D eigenvalue weighted by molar-refractivity contribution is 6.30.